The molecule has 0 aliphatic heterocycles. The third kappa shape index (κ3) is 2.82. The molecular formula is C13H18ClNO. The second kappa shape index (κ2) is 5.44. The van der Waals surface area contributed by atoms with Crippen molar-refractivity contribution in [2.75, 3.05) is 12.3 Å². The van der Waals surface area contributed by atoms with Gasteiger partial charge in [-0.05, 0) is 30.9 Å². The first-order valence-electron chi connectivity index (χ1n) is 5.94. The lowest BCUT2D eigenvalue weighted by atomic mass is 9.90. The molecule has 0 spiro atoms. The molecule has 2 rings (SSSR count). The van der Waals surface area contributed by atoms with Gasteiger partial charge in [0.05, 0.1) is 12.3 Å². The lowest BCUT2D eigenvalue weighted by Crippen LogP contribution is -2.15. The molecule has 0 amide bonds. The summed E-state index contributed by atoms with van der Waals surface area (Å²) in [4.78, 5) is 0. The van der Waals surface area contributed by atoms with Gasteiger partial charge in [0, 0.05) is 0 Å². The van der Waals surface area contributed by atoms with E-state index in [1.807, 2.05) is 12.1 Å². The Labute approximate surface area is 102 Å². The molecule has 1 aromatic carbocycles. The third-order valence-electron chi connectivity index (χ3n) is 3.19. The number of nitrogens with two attached hydrogens (primary N) is 1. The Morgan fingerprint density at radius 1 is 1.25 bits per heavy atom. The molecule has 3 heteroatoms. The monoisotopic (exact) mass is 239 g/mol. The van der Waals surface area contributed by atoms with Crippen molar-refractivity contribution in [3.63, 3.8) is 0 Å². The van der Waals surface area contributed by atoms with E-state index in [0.29, 0.717) is 22.4 Å². The van der Waals surface area contributed by atoms with Crippen molar-refractivity contribution in [3.8, 4) is 5.75 Å². The molecule has 0 bridgehead atoms. The summed E-state index contributed by atoms with van der Waals surface area (Å²) >= 11 is 6.06. The summed E-state index contributed by atoms with van der Waals surface area (Å²) in [5.41, 5.74) is 6.30. The van der Waals surface area contributed by atoms with Crippen LogP contribution in [-0.2, 0) is 0 Å². The van der Waals surface area contributed by atoms with Gasteiger partial charge in [-0.25, -0.2) is 0 Å². The molecule has 0 saturated heterocycles. The van der Waals surface area contributed by atoms with Gasteiger partial charge >= 0.3 is 0 Å². The van der Waals surface area contributed by atoms with Crippen molar-refractivity contribution in [3.05, 3.63) is 23.2 Å². The average Bonchev–Trinajstić information content (AvgIpc) is 2.32. The van der Waals surface area contributed by atoms with Gasteiger partial charge in [0.2, 0.25) is 0 Å². The van der Waals surface area contributed by atoms with E-state index in [0.717, 1.165) is 6.61 Å². The van der Waals surface area contributed by atoms with Gasteiger partial charge in [0.25, 0.3) is 0 Å². The molecule has 0 aromatic heterocycles. The van der Waals surface area contributed by atoms with Gasteiger partial charge in [0.15, 0.2) is 0 Å². The Morgan fingerprint density at radius 2 is 2.00 bits per heavy atom. The van der Waals surface area contributed by atoms with E-state index in [-0.39, 0.29) is 0 Å². The van der Waals surface area contributed by atoms with Crippen molar-refractivity contribution in [2.45, 2.75) is 32.1 Å². The molecule has 16 heavy (non-hydrogen) atoms. The molecular weight excluding hydrogens is 222 g/mol. The van der Waals surface area contributed by atoms with Crippen LogP contribution in [0.25, 0.3) is 0 Å². The predicted octanol–water partition coefficient (Wildman–Crippen LogP) is 3.88. The molecule has 0 radical (unpaired) electrons. The van der Waals surface area contributed by atoms with E-state index in [1.165, 1.54) is 32.1 Å². The van der Waals surface area contributed by atoms with Crippen LogP contribution in [0.15, 0.2) is 18.2 Å². The van der Waals surface area contributed by atoms with E-state index in [2.05, 4.69) is 0 Å². The van der Waals surface area contributed by atoms with Gasteiger partial charge in [-0.3, -0.25) is 0 Å². The molecule has 0 unspecified atom stereocenters. The lowest BCUT2D eigenvalue weighted by molar-refractivity contribution is 0.209. The number of benzene rings is 1. The molecule has 1 aromatic rings. The second-order valence-corrected chi connectivity index (χ2v) is 4.85. The Kier molecular flexibility index (Phi) is 3.94. The topological polar surface area (TPSA) is 35.2 Å². The highest BCUT2D eigenvalue weighted by molar-refractivity contribution is 6.34. The molecule has 0 atom stereocenters. The Balaban J connectivity index is 1.91. The molecule has 2 nitrogen and oxygen atoms in total. The molecule has 1 aliphatic rings. The van der Waals surface area contributed by atoms with Crippen LogP contribution < -0.4 is 10.5 Å². The smallest absolute Gasteiger partial charge is 0.140 e. The minimum Gasteiger partial charge on any atom is -0.492 e. The summed E-state index contributed by atoms with van der Waals surface area (Å²) in [6, 6.07) is 5.54. The van der Waals surface area contributed by atoms with Crippen LogP contribution in [0.4, 0.5) is 5.69 Å². The maximum atomic E-state index is 6.06. The van der Waals surface area contributed by atoms with Crippen molar-refractivity contribution in [2.24, 2.45) is 5.92 Å². The second-order valence-electron chi connectivity index (χ2n) is 4.47. The predicted molar refractivity (Wildman–Crippen MR) is 67.9 cm³/mol. The number of hydrogen-bond donors (Lipinski definition) is 1. The van der Waals surface area contributed by atoms with E-state index < -0.39 is 0 Å². The maximum Gasteiger partial charge on any atom is 0.140 e. The van der Waals surface area contributed by atoms with E-state index in [4.69, 9.17) is 22.1 Å². The number of anilines is 1. The fourth-order valence-corrected chi connectivity index (χ4v) is 2.38. The molecule has 1 fully saturated rings. The summed E-state index contributed by atoms with van der Waals surface area (Å²) in [6.45, 7) is 0.767. The lowest BCUT2D eigenvalue weighted by Gasteiger charge is -2.22. The first kappa shape index (κ1) is 11.6. The largest absolute Gasteiger partial charge is 0.492 e. The summed E-state index contributed by atoms with van der Waals surface area (Å²) in [5.74, 6) is 1.40. The zero-order chi connectivity index (χ0) is 11.4. The first-order valence-corrected chi connectivity index (χ1v) is 6.32. The molecule has 0 heterocycles. The number of hydrogen-bond acceptors (Lipinski definition) is 2. The van der Waals surface area contributed by atoms with Crippen molar-refractivity contribution >= 4 is 17.3 Å². The molecule has 2 N–H and O–H groups in total. The van der Waals surface area contributed by atoms with Crippen LogP contribution in [0.1, 0.15) is 32.1 Å². The highest BCUT2D eigenvalue weighted by Gasteiger charge is 2.14. The minimum atomic E-state index is 0.540. The van der Waals surface area contributed by atoms with Crippen molar-refractivity contribution < 1.29 is 4.74 Å². The quantitative estimate of drug-likeness (QED) is 0.813. The highest BCUT2D eigenvalue weighted by Crippen LogP contribution is 2.31. The highest BCUT2D eigenvalue weighted by atomic mass is 35.5. The van der Waals surface area contributed by atoms with Gasteiger partial charge in [-0.2, -0.15) is 0 Å². The van der Waals surface area contributed by atoms with Gasteiger partial charge in [-0.1, -0.05) is 36.9 Å². The Hall–Kier alpha value is -0.890. The maximum absolute atomic E-state index is 6.06. The van der Waals surface area contributed by atoms with Crippen molar-refractivity contribution in [1.82, 2.24) is 0 Å². The van der Waals surface area contributed by atoms with Crippen LogP contribution in [-0.4, -0.2) is 6.61 Å². The van der Waals surface area contributed by atoms with E-state index in [1.54, 1.807) is 6.07 Å². The summed E-state index contributed by atoms with van der Waals surface area (Å²) in [6.07, 6.45) is 6.59. The molecule has 88 valence electrons. The van der Waals surface area contributed by atoms with E-state index in [9.17, 15) is 0 Å². The zero-order valence-electron chi connectivity index (χ0n) is 9.42. The fourth-order valence-electron chi connectivity index (χ4n) is 2.20. The summed E-state index contributed by atoms with van der Waals surface area (Å²) in [7, 11) is 0. The summed E-state index contributed by atoms with van der Waals surface area (Å²) < 4.78 is 5.75. The van der Waals surface area contributed by atoms with Gasteiger partial charge in [0.1, 0.15) is 10.8 Å². The third-order valence-corrected chi connectivity index (χ3v) is 3.60. The standard InChI is InChI=1S/C13H18ClNO/c14-13-11(15)7-4-8-12(13)16-9-10-5-2-1-3-6-10/h4,7-8,10H,1-3,5-6,9,15H2. The molecule has 1 saturated carbocycles. The van der Waals surface area contributed by atoms with Crippen molar-refractivity contribution in [1.29, 1.82) is 0 Å². The van der Waals surface area contributed by atoms with Crippen LogP contribution in [0.2, 0.25) is 5.02 Å². The Morgan fingerprint density at radius 3 is 2.75 bits per heavy atom. The van der Waals surface area contributed by atoms with Crippen LogP contribution in [0, 0.1) is 5.92 Å². The number of rotatable bonds is 3. The van der Waals surface area contributed by atoms with Gasteiger partial charge < -0.3 is 10.5 Å². The molecule has 1 aliphatic carbocycles. The first-order chi connectivity index (χ1) is 7.77. The number of ether oxygens (including phenoxy) is 1. The summed E-state index contributed by atoms with van der Waals surface area (Å²) in [5, 5.41) is 0.540. The number of nitrogen functional groups attached to an aromatic ring is 1. The fraction of sp³-hybridized carbons (Fsp3) is 0.538. The average molecular weight is 240 g/mol. The zero-order valence-corrected chi connectivity index (χ0v) is 10.2. The number of halogens is 1. The van der Waals surface area contributed by atoms with Gasteiger partial charge in [-0.15, -0.1) is 0 Å². The van der Waals surface area contributed by atoms with E-state index >= 15 is 0 Å². The van der Waals surface area contributed by atoms with Crippen LogP contribution in [0.3, 0.4) is 0 Å². The van der Waals surface area contributed by atoms with Crippen LogP contribution in [0.5, 0.6) is 5.75 Å². The SMILES string of the molecule is Nc1cccc(OCC2CCCCC2)c1Cl. The Bertz CT molecular complexity index is 348. The normalized spacial score (nSPS) is 17.3. The minimum absolute atomic E-state index is 0.540. The van der Waals surface area contributed by atoms with Crippen LogP contribution >= 0.6 is 11.6 Å².